The van der Waals surface area contributed by atoms with Gasteiger partial charge in [0.2, 0.25) is 0 Å². The molecule has 0 aliphatic rings. The molecule has 2 heteroatoms. The zero-order valence-electron chi connectivity index (χ0n) is 12.2. The summed E-state index contributed by atoms with van der Waals surface area (Å²) in [5.74, 6) is -0.185. The number of pyridine rings is 1. The maximum absolute atomic E-state index is 13.4. The van der Waals surface area contributed by atoms with Crippen molar-refractivity contribution >= 4 is 21.7 Å². The van der Waals surface area contributed by atoms with Crippen molar-refractivity contribution in [2.24, 2.45) is 0 Å². The summed E-state index contributed by atoms with van der Waals surface area (Å²) in [6, 6.07) is 21.6. The molecule has 1 nitrogen and oxygen atoms in total. The molecule has 0 atom stereocenters. The van der Waals surface area contributed by atoms with Gasteiger partial charge in [0.05, 0.1) is 11.2 Å². The minimum Gasteiger partial charge on any atom is -0.248 e. The number of aromatic nitrogens is 1. The van der Waals surface area contributed by atoms with E-state index < -0.39 is 0 Å². The molecule has 0 saturated heterocycles. The Morgan fingerprint density at radius 3 is 2.55 bits per heavy atom. The first kappa shape index (κ1) is 13.0. The van der Waals surface area contributed by atoms with Gasteiger partial charge in [-0.1, -0.05) is 36.4 Å². The van der Waals surface area contributed by atoms with Crippen LogP contribution in [0.1, 0.15) is 5.56 Å². The van der Waals surface area contributed by atoms with Crippen LogP contribution in [-0.4, -0.2) is 4.98 Å². The van der Waals surface area contributed by atoms with Gasteiger partial charge >= 0.3 is 0 Å². The lowest BCUT2D eigenvalue weighted by atomic mass is 10.0. The molecular formula is C20H14FN. The standard InChI is InChI=1S/C20H14FN/c1-13-12-15(6-9-18(13)21)19-11-8-17-16-5-3-2-4-14(16)7-10-20(17)22-19/h2-12H,1H3. The summed E-state index contributed by atoms with van der Waals surface area (Å²) in [5.41, 5.74) is 3.40. The molecule has 1 heterocycles. The first-order chi connectivity index (χ1) is 10.7. The molecule has 0 radical (unpaired) electrons. The highest BCUT2D eigenvalue weighted by Crippen LogP contribution is 2.27. The van der Waals surface area contributed by atoms with Crippen LogP contribution < -0.4 is 0 Å². The molecule has 0 saturated carbocycles. The second-order valence-corrected chi connectivity index (χ2v) is 5.51. The van der Waals surface area contributed by atoms with Crippen LogP contribution in [0.5, 0.6) is 0 Å². The van der Waals surface area contributed by atoms with Gasteiger partial charge in [-0.05, 0) is 53.6 Å². The third kappa shape index (κ3) is 2.04. The third-order valence-electron chi connectivity index (χ3n) is 4.05. The largest absolute Gasteiger partial charge is 0.248 e. The minimum absolute atomic E-state index is 0.185. The maximum atomic E-state index is 13.4. The van der Waals surface area contributed by atoms with E-state index in [1.807, 2.05) is 30.3 Å². The first-order valence-electron chi connectivity index (χ1n) is 7.27. The van der Waals surface area contributed by atoms with Gasteiger partial charge in [-0.2, -0.15) is 0 Å². The zero-order chi connectivity index (χ0) is 15.1. The average molecular weight is 287 g/mol. The summed E-state index contributed by atoms with van der Waals surface area (Å²) in [4.78, 5) is 4.74. The quantitative estimate of drug-likeness (QED) is 0.421. The van der Waals surface area contributed by atoms with Gasteiger partial charge in [0.1, 0.15) is 5.82 Å². The van der Waals surface area contributed by atoms with Crippen LogP contribution in [0.2, 0.25) is 0 Å². The normalized spacial score (nSPS) is 11.2. The van der Waals surface area contributed by atoms with E-state index in [9.17, 15) is 4.39 Å². The Bertz CT molecular complexity index is 1000. The van der Waals surface area contributed by atoms with E-state index in [0.717, 1.165) is 22.2 Å². The molecule has 22 heavy (non-hydrogen) atoms. The summed E-state index contributed by atoms with van der Waals surface area (Å²) >= 11 is 0. The van der Waals surface area contributed by atoms with Gasteiger partial charge in [-0.15, -0.1) is 0 Å². The molecule has 4 aromatic rings. The van der Waals surface area contributed by atoms with Gasteiger partial charge < -0.3 is 0 Å². The van der Waals surface area contributed by atoms with Gasteiger partial charge in [0.15, 0.2) is 0 Å². The second kappa shape index (κ2) is 4.92. The smallest absolute Gasteiger partial charge is 0.126 e. The Hall–Kier alpha value is -2.74. The minimum atomic E-state index is -0.185. The monoisotopic (exact) mass is 287 g/mol. The van der Waals surface area contributed by atoms with Crippen LogP contribution in [0, 0.1) is 12.7 Å². The van der Waals surface area contributed by atoms with Crippen LogP contribution in [0.4, 0.5) is 4.39 Å². The number of nitrogens with zero attached hydrogens (tertiary/aromatic N) is 1. The Kier molecular flexibility index (Phi) is 2.90. The molecule has 106 valence electrons. The van der Waals surface area contributed by atoms with Crippen molar-refractivity contribution in [1.29, 1.82) is 0 Å². The first-order valence-corrected chi connectivity index (χ1v) is 7.27. The number of benzene rings is 3. The molecule has 4 rings (SSSR count). The fraction of sp³-hybridized carbons (Fsp3) is 0.0500. The van der Waals surface area contributed by atoms with Crippen molar-refractivity contribution in [2.45, 2.75) is 6.92 Å². The Morgan fingerprint density at radius 1 is 0.818 bits per heavy atom. The Labute approximate surface area is 128 Å². The van der Waals surface area contributed by atoms with E-state index in [1.165, 1.54) is 16.8 Å². The van der Waals surface area contributed by atoms with E-state index >= 15 is 0 Å². The lowest BCUT2D eigenvalue weighted by Gasteiger charge is -2.07. The van der Waals surface area contributed by atoms with Crippen molar-refractivity contribution in [3.63, 3.8) is 0 Å². The molecule has 1 aromatic heterocycles. The SMILES string of the molecule is Cc1cc(-c2ccc3c(ccc4ccccc43)n2)ccc1F. The average Bonchev–Trinajstić information content (AvgIpc) is 2.56. The van der Waals surface area contributed by atoms with E-state index in [-0.39, 0.29) is 5.82 Å². The van der Waals surface area contributed by atoms with Gasteiger partial charge in [0.25, 0.3) is 0 Å². The van der Waals surface area contributed by atoms with Crippen molar-refractivity contribution in [1.82, 2.24) is 4.98 Å². The topological polar surface area (TPSA) is 12.9 Å². The highest BCUT2D eigenvalue weighted by atomic mass is 19.1. The lowest BCUT2D eigenvalue weighted by Crippen LogP contribution is -1.89. The molecular weight excluding hydrogens is 273 g/mol. The van der Waals surface area contributed by atoms with Gasteiger partial charge in [-0.25, -0.2) is 9.37 Å². The van der Waals surface area contributed by atoms with Crippen LogP contribution in [0.3, 0.4) is 0 Å². The predicted octanol–water partition coefficient (Wildman–Crippen LogP) is 5.50. The molecule has 0 amide bonds. The van der Waals surface area contributed by atoms with E-state index in [0.29, 0.717) is 5.56 Å². The molecule has 0 fully saturated rings. The van der Waals surface area contributed by atoms with E-state index in [1.54, 1.807) is 13.0 Å². The van der Waals surface area contributed by atoms with Crippen molar-refractivity contribution in [3.05, 3.63) is 78.1 Å². The zero-order valence-corrected chi connectivity index (χ0v) is 12.2. The molecule has 0 aliphatic heterocycles. The highest BCUT2D eigenvalue weighted by Gasteiger charge is 2.06. The molecule has 0 bridgehead atoms. The van der Waals surface area contributed by atoms with E-state index in [2.05, 4.69) is 24.3 Å². The van der Waals surface area contributed by atoms with Crippen molar-refractivity contribution in [3.8, 4) is 11.3 Å². The number of halogens is 1. The molecule has 0 N–H and O–H groups in total. The van der Waals surface area contributed by atoms with Crippen LogP contribution in [0.15, 0.2) is 66.7 Å². The van der Waals surface area contributed by atoms with Crippen LogP contribution in [-0.2, 0) is 0 Å². The second-order valence-electron chi connectivity index (χ2n) is 5.51. The molecule has 0 aliphatic carbocycles. The van der Waals surface area contributed by atoms with Crippen LogP contribution >= 0.6 is 0 Å². The van der Waals surface area contributed by atoms with Crippen molar-refractivity contribution in [2.75, 3.05) is 0 Å². The predicted molar refractivity (Wildman–Crippen MR) is 89.4 cm³/mol. The third-order valence-corrected chi connectivity index (χ3v) is 4.05. The maximum Gasteiger partial charge on any atom is 0.126 e. The van der Waals surface area contributed by atoms with Gasteiger partial charge in [-0.3, -0.25) is 0 Å². The van der Waals surface area contributed by atoms with Gasteiger partial charge in [0, 0.05) is 10.9 Å². The summed E-state index contributed by atoms with van der Waals surface area (Å²) in [6.45, 7) is 1.77. The molecule has 0 unspecified atom stereocenters. The lowest BCUT2D eigenvalue weighted by molar-refractivity contribution is 0.619. The van der Waals surface area contributed by atoms with E-state index in [4.69, 9.17) is 4.98 Å². The van der Waals surface area contributed by atoms with Crippen LogP contribution in [0.25, 0.3) is 32.9 Å². The number of aryl methyl sites for hydroxylation is 1. The Balaban J connectivity index is 1.94. The molecule has 0 spiro atoms. The summed E-state index contributed by atoms with van der Waals surface area (Å²) in [6.07, 6.45) is 0. The summed E-state index contributed by atoms with van der Waals surface area (Å²) in [7, 11) is 0. The number of rotatable bonds is 1. The number of hydrogen-bond acceptors (Lipinski definition) is 1. The summed E-state index contributed by atoms with van der Waals surface area (Å²) in [5, 5.41) is 3.55. The van der Waals surface area contributed by atoms with Crippen molar-refractivity contribution < 1.29 is 4.39 Å². The fourth-order valence-corrected chi connectivity index (χ4v) is 2.85. The number of fused-ring (bicyclic) bond motifs is 3. The Morgan fingerprint density at radius 2 is 1.68 bits per heavy atom. The fourth-order valence-electron chi connectivity index (χ4n) is 2.85. The number of hydrogen-bond donors (Lipinski definition) is 0. The molecule has 3 aromatic carbocycles. The highest BCUT2D eigenvalue weighted by molar-refractivity contribution is 6.06. The summed E-state index contributed by atoms with van der Waals surface area (Å²) < 4.78 is 13.4.